The molecule has 35 heavy (non-hydrogen) atoms. The lowest BCUT2D eigenvalue weighted by Crippen LogP contribution is -2.38. The molecular formula is C27H31BrN2O5. The van der Waals surface area contributed by atoms with Gasteiger partial charge in [-0.3, -0.25) is 14.5 Å². The molecule has 2 aliphatic heterocycles. The Hall–Kier alpha value is -2.68. The van der Waals surface area contributed by atoms with Crippen LogP contribution < -0.4 is 4.74 Å². The van der Waals surface area contributed by atoms with Crippen LogP contribution in [0.1, 0.15) is 36.1 Å². The van der Waals surface area contributed by atoms with Gasteiger partial charge in [-0.05, 0) is 61.7 Å². The van der Waals surface area contributed by atoms with E-state index in [0.29, 0.717) is 37.7 Å². The fourth-order valence-corrected chi connectivity index (χ4v) is 4.96. The summed E-state index contributed by atoms with van der Waals surface area (Å²) in [6.07, 6.45) is 0.724. The molecule has 1 atom stereocenters. The Morgan fingerprint density at radius 1 is 1.11 bits per heavy atom. The Bertz CT molecular complexity index is 1110. The summed E-state index contributed by atoms with van der Waals surface area (Å²) in [6, 6.07) is 12.2. The summed E-state index contributed by atoms with van der Waals surface area (Å²) >= 11 is 3.45. The maximum Gasteiger partial charge on any atom is 0.295 e. The third-order valence-corrected chi connectivity index (χ3v) is 7.00. The van der Waals surface area contributed by atoms with Crippen LogP contribution >= 0.6 is 15.9 Å². The molecule has 186 valence electrons. The third kappa shape index (κ3) is 5.60. The van der Waals surface area contributed by atoms with E-state index in [0.717, 1.165) is 41.7 Å². The number of hydrogen-bond acceptors (Lipinski definition) is 6. The molecule has 0 aliphatic carbocycles. The van der Waals surface area contributed by atoms with E-state index in [9.17, 15) is 14.7 Å². The Kier molecular flexibility index (Phi) is 8.26. The molecule has 0 bridgehead atoms. The lowest BCUT2D eigenvalue weighted by molar-refractivity contribution is -0.140. The molecule has 2 aromatic rings. The number of ether oxygens (including phenoxy) is 2. The molecule has 1 unspecified atom stereocenters. The van der Waals surface area contributed by atoms with E-state index in [-0.39, 0.29) is 11.3 Å². The largest absolute Gasteiger partial charge is 0.507 e. The molecule has 8 heteroatoms. The van der Waals surface area contributed by atoms with Crippen LogP contribution in [0.2, 0.25) is 0 Å². The van der Waals surface area contributed by atoms with Gasteiger partial charge in [0.25, 0.3) is 11.7 Å². The van der Waals surface area contributed by atoms with Crippen LogP contribution in [0.15, 0.2) is 52.5 Å². The van der Waals surface area contributed by atoms with E-state index >= 15 is 0 Å². The molecule has 2 aliphatic rings. The van der Waals surface area contributed by atoms with Crippen molar-refractivity contribution in [1.29, 1.82) is 0 Å². The standard InChI is InChI=1S/C27H31BrN2O5/c1-3-35-21-9-10-22(18(2)17-21)25(31)23-24(19-5-7-20(28)8-6-19)30(27(33)26(23)32)12-4-11-29-13-15-34-16-14-29/h5-10,17,24,31H,3-4,11-16H2,1-2H3/b25-23-. The predicted molar refractivity (Wildman–Crippen MR) is 137 cm³/mol. The Morgan fingerprint density at radius 2 is 1.83 bits per heavy atom. The number of nitrogens with zero attached hydrogens (tertiary/aromatic N) is 2. The van der Waals surface area contributed by atoms with E-state index in [4.69, 9.17) is 9.47 Å². The van der Waals surface area contributed by atoms with Crippen molar-refractivity contribution < 1.29 is 24.2 Å². The average molecular weight is 543 g/mol. The summed E-state index contributed by atoms with van der Waals surface area (Å²) in [5.74, 6) is -0.706. The molecule has 2 heterocycles. The van der Waals surface area contributed by atoms with Crippen LogP contribution in [0.25, 0.3) is 5.76 Å². The number of Topliss-reactive ketones (excluding diaryl/α,β-unsaturated/α-hetero) is 1. The van der Waals surface area contributed by atoms with Crippen molar-refractivity contribution in [3.05, 3.63) is 69.2 Å². The van der Waals surface area contributed by atoms with E-state index in [2.05, 4.69) is 20.8 Å². The van der Waals surface area contributed by atoms with Crippen LogP contribution in [-0.4, -0.2) is 72.6 Å². The Labute approximate surface area is 214 Å². The van der Waals surface area contributed by atoms with E-state index < -0.39 is 17.7 Å². The van der Waals surface area contributed by atoms with Crippen LogP contribution in [0.3, 0.4) is 0 Å². The lowest BCUT2D eigenvalue weighted by atomic mass is 9.94. The SMILES string of the molecule is CCOc1ccc(/C(O)=C2/C(=O)C(=O)N(CCCN3CCOCC3)C2c2ccc(Br)cc2)c(C)c1. The van der Waals surface area contributed by atoms with Crippen molar-refractivity contribution in [3.8, 4) is 5.75 Å². The molecule has 2 saturated heterocycles. The zero-order valence-corrected chi connectivity index (χ0v) is 21.7. The zero-order chi connectivity index (χ0) is 24.9. The third-order valence-electron chi connectivity index (χ3n) is 6.47. The number of likely N-dealkylation sites (tertiary alicyclic amines) is 1. The van der Waals surface area contributed by atoms with Gasteiger partial charge in [0.2, 0.25) is 0 Å². The van der Waals surface area contributed by atoms with Gasteiger partial charge in [0.05, 0.1) is 31.4 Å². The summed E-state index contributed by atoms with van der Waals surface area (Å²) in [5.41, 5.74) is 2.18. The van der Waals surface area contributed by atoms with Gasteiger partial charge < -0.3 is 19.5 Å². The van der Waals surface area contributed by atoms with Gasteiger partial charge in [-0.2, -0.15) is 0 Å². The first kappa shape index (κ1) is 25.4. The van der Waals surface area contributed by atoms with Crippen LogP contribution in [0.4, 0.5) is 0 Å². The quantitative estimate of drug-likeness (QED) is 0.304. The number of rotatable bonds is 8. The van der Waals surface area contributed by atoms with E-state index in [1.807, 2.05) is 44.2 Å². The van der Waals surface area contributed by atoms with Crippen molar-refractivity contribution in [2.24, 2.45) is 0 Å². The van der Waals surface area contributed by atoms with Crippen molar-refractivity contribution >= 4 is 33.4 Å². The lowest BCUT2D eigenvalue weighted by Gasteiger charge is -2.29. The van der Waals surface area contributed by atoms with Gasteiger partial charge in [0, 0.05) is 36.2 Å². The molecular weight excluding hydrogens is 512 g/mol. The molecule has 1 amide bonds. The highest BCUT2D eigenvalue weighted by Gasteiger charge is 2.46. The highest BCUT2D eigenvalue weighted by molar-refractivity contribution is 9.10. The number of halogens is 1. The summed E-state index contributed by atoms with van der Waals surface area (Å²) in [6.45, 7) is 8.68. The molecule has 2 fully saturated rings. The van der Waals surface area contributed by atoms with Gasteiger partial charge >= 0.3 is 0 Å². The monoisotopic (exact) mass is 542 g/mol. The normalized spacial score (nSPS) is 20.4. The molecule has 4 rings (SSSR count). The number of aryl methyl sites for hydroxylation is 1. The molecule has 0 spiro atoms. The molecule has 7 nitrogen and oxygen atoms in total. The van der Waals surface area contributed by atoms with Gasteiger partial charge in [0.15, 0.2) is 0 Å². The minimum atomic E-state index is -0.657. The number of morpholine rings is 1. The van der Waals surface area contributed by atoms with Crippen LogP contribution in [0, 0.1) is 6.92 Å². The summed E-state index contributed by atoms with van der Waals surface area (Å²) in [5, 5.41) is 11.4. The number of benzene rings is 2. The van der Waals surface area contributed by atoms with E-state index in [1.165, 1.54) is 0 Å². The maximum absolute atomic E-state index is 13.3. The second-order valence-electron chi connectivity index (χ2n) is 8.76. The maximum atomic E-state index is 13.3. The summed E-state index contributed by atoms with van der Waals surface area (Å²) in [4.78, 5) is 30.3. The van der Waals surface area contributed by atoms with Crippen molar-refractivity contribution in [2.75, 3.05) is 46.0 Å². The molecule has 2 aromatic carbocycles. The van der Waals surface area contributed by atoms with Crippen molar-refractivity contribution in [1.82, 2.24) is 9.80 Å². The highest BCUT2D eigenvalue weighted by atomic mass is 79.9. The topological polar surface area (TPSA) is 79.3 Å². The number of ketones is 1. The van der Waals surface area contributed by atoms with Gasteiger partial charge in [-0.15, -0.1) is 0 Å². The van der Waals surface area contributed by atoms with Crippen LogP contribution in [0.5, 0.6) is 5.75 Å². The molecule has 0 radical (unpaired) electrons. The second-order valence-corrected chi connectivity index (χ2v) is 9.68. The Morgan fingerprint density at radius 3 is 2.49 bits per heavy atom. The molecule has 1 N–H and O–H groups in total. The van der Waals surface area contributed by atoms with Crippen molar-refractivity contribution in [2.45, 2.75) is 26.3 Å². The number of hydrogen-bond donors (Lipinski definition) is 1. The summed E-state index contributed by atoms with van der Waals surface area (Å²) < 4.78 is 11.9. The number of aliphatic hydroxyl groups is 1. The van der Waals surface area contributed by atoms with Gasteiger partial charge in [0.1, 0.15) is 11.5 Å². The minimum absolute atomic E-state index is 0.121. The number of amides is 1. The second kappa shape index (κ2) is 11.4. The van der Waals surface area contributed by atoms with Gasteiger partial charge in [-0.1, -0.05) is 28.1 Å². The fraction of sp³-hybridized carbons (Fsp3) is 0.407. The smallest absolute Gasteiger partial charge is 0.295 e. The van der Waals surface area contributed by atoms with Crippen LogP contribution in [-0.2, 0) is 14.3 Å². The number of carbonyl (C=O) groups excluding carboxylic acids is 2. The predicted octanol–water partition coefficient (Wildman–Crippen LogP) is 4.30. The number of carbonyl (C=O) groups is 2. The van der Waals surface area contributed by atoms with Crippen molar-refractivity contribution in [3.63, 3.8) is 0 Å². The Balaban J connectivity index is 1.68. The van der Waals surface area contributed by atoms with E-state index in [1.54, 1.807) is 17.0 Å². The first-order valence-corrected chi connectivity index (χ1v) is 12.8. The first-order chi connectivity index (χ1) is 16.9. The molecule has 0 aromatic heterocycles. The minimum Gasteiger partial charge on any atom is -0.507 e. The first-order valence-electron chi connectivity index (χ1n) is 12.0. The highest BCUT2D eigenvalue weighted by Crippen LogP contribution is 2.40. The average Bonchev–Trinajstić information content (AvgIpc) is 3.10. The molecule has 0 saturated carbocycles. The summed E-state index contributed by atoms with van der Waals surface area (Å²) in [7, 11) is 0. The number of aliphatic hydroxyl groups excluding tert-OH is 1. The zero-order valence-electron chi connectivity index (χ0n) is 20.1. The fourth-order valence-electron chi connectivity index (χ4n) is 4.70. The van der Waals surface area contributed by atoms with Gasteiger partial charge in [-0.25, -0.2) is 0 Å².